The molecular formula is C12H18ClNO2. The lowest BCUT2D eigenvalue weighted by Gasteiger charge is -2.13. The molecular weight excluding hydrogens is 226 g/mol. The quantitative estimate of drug-likeness (QED) is 0.834. The van der Waals surface area contributed by atoms with E-state index in [1.54, 1.807) is 0 Å². The molecule has 0 aliphatic heterocycles. The minimum atomic E-state index is 0.588. The van der Waals surface area contributed by atoms with E-state index in [9.17, 15) is 0 Å². The number of ether oxygens (including phenoxy) is 2. The molecule has 90 valence electrons. The van der Waals surface area contributed by atoms with E-state index < -0.39 is 0 Å². The molecule has 0 saturated carbocycles. The Morgan fingerprint density at radius 3 is 2.31 bits per heavy atom. The highest BCUT2D eigenvalue weighted by molar-refractivity contribution is 6.32. The van der Waals surface area contributed by atoms with Crippen LogP contribution in [0.1, 0.15) is 19.4 Å². The molecule has 1 rings (SSSR count). The first-order valence-corrected chi connectivity index (χ1v) is 5.83. The second-order valence-corrected chi connectivity index (χ2v) is 3.69. The van der Waals surface area contributed by atoms with Crippen LogP contribution in [0, 0.1) is 0 Å². The summed E-state index contributed by atoms with van der Waals surface area (Å²) in [6.07, 6.45) is 0. The van der Waals surface area contributed by atoms with E-state index in [2.05, 4.69) is 5.32 Å². The predicted octanol–water partition coefficient (Wildman–Crippen LogP) is 2.86. The molecule has 0 radical (unpaired) electrons. The van der Waals surface area contributed by atoms with E-state index in [0.29, 0.717) is 24.0 Å². The zero-order chi connectivity index (χ0) is 12.0. The Kier molecular flexibility index (Phi) is 5.43. The summed E-state index contributed by atoms with van der Waals surface area (Å²) in [5, 5.41) is 3.68. The van der Waals surface area contributed by atoms with Gasteiger partial charge >= 0.3 is 0 Å². The molecule has 0 aliphatic rings. The molecule has 3 nitrogen and oxygen atoms in total. The normalized spacial score (nSPS) is 10.2. The maximum absolute atomic E-state index is 6.09. The lowest BCUT2D eigenvalue weighted by molar-refractivity contribution is 0.327. The molecule has 0 atom stereocenters. The van der Waals surface area contributed by atoms with E-state index in [-0.39, 0.29) is 0 Å². The van der Waals surface area contributed by atoms with Crippen LogP contribution < -0.4 is 14.8 Å². The zero-order valence-corrected chi connectivity index (χ0v) is 10.7. The molecule has 0 amide bonds. The maximum Gasteiger partial charge on any atom is 0.138 e. The van der Waals surface area contributed by atoms with Crippen molar-refractivity contribution in [2.24, 2.45) is 0 Å². The molecule has 0 saturated heterocycles. The van der Waals surface area contributed by atoms with Crippen LogP contribution >= 0.6 is 11.6 Å². The average Bonchev–Trinajstić information content (AvgIpc) is 2.25. The Bertz CT molecular complexity index is 342. The van der Waals surface area contributed by atoms with Crippen LogP contribution in [0.4, 0.5) is 0 Å². The lowest BCUT2D eigenvalue weighted by atomic mass is 10.2. The van der Waals surface area contributed by atoms with E-state index >= 15 is 0 Å². The fraction of sp³-hybridized carbons (Fsp3) is 0.500. The van der Waals surface area contributed by atoms with E-state index in [0.717, 1.165) is 17.9 Å². The van der Waals surface area contributed by atoms with Gasteiger partial charge in [-0.15, -0.1) is 0 Å². The van der Waals surface area contributed by atoms with Crippen LogP contribution in [-0.2, 0) is 6.54 Å². The van der Waals surface area contributed by atoms with Gasteiger partial charge < -0.3 is 14.8 Å². The van der Waals surface area contributed by atoms with Crippen molar-refractivity contribution in [3.63, 3.8) is 0 Å². The second-order valence-electron chi connectivity index (χ2n) is 3.29. The molecule has 4 heteroatoms. The van der Waals surface area contributed by atoms with Gasteiger partial charge in [0, 0.05) is 18.2 Å². The number of hydrogen-bond acceptors (Lipinski definition) is 3. The van der Waals surface area contributed by atoms with Crippen molar-refractivity contribution < 1.29 is 9.47 Å². The highest BCUT2D eigenvalue weighted by Crippen LogP contribution is 2.32. The fourth-order valence-corrected chi connectivity index (χ4v) is 1.67. The third-order valence-electron chi connectivity index (χ3n) is 2.08. The monoisotopic (exact) mass is 243 g/mol. The second kappa shape index (κ2) is 6.61. The van der Waals surface area contributed by atoms with Gasteiger partial charge in [0.15, 0.2) is 0 Å². The summed E-state index contributed by atoms with van der Waals surface area (Å²) < 4.78 is 11.0. The largest absolute Gasteiger partial charge is 0.493 e. The number of halogens is 1. The molecule has 0 heterocycles. The van der Waals surface area contributed by atoms with Crippen molar-refractivity contribution in [1.29, 1.82) is 0 Å². The summed E-state index contributed by atoms with van der Waals surface area (Å²) >= 11 is 6.09. The summed E-state index contributed by atoms with van der Waals surface area (Å²) in [7, 11) is 1.89. The van der Waals surface area contributed by atoms with Gasteiger partial charge in [-0.2, -0.15) is 0 Å². The summed E-state index contributed by atoms with van der Waals surface area (Å²) in [6, 6.07) is 3.73. The van der Waals surface area contributed by atoms with Crippen LogP contribution in [0.5, 0.6) is 11.5 Å². The molecule has 1 N–H and O–H groups in total. The smallest absolute Gasteiger partial charge is 0.138 e. The zero-order valence-electron chi connectivity index (χ0n) is 9.97. The molecule has 0 unspecified atom stereocenters. The predicted molar refractivity (Wildman–Crippen MR) is 66.6 cm³/mol. The summed E-state index contributed by atoms with van der Waals surface area (Å²) in [5.41, 5.74) is 1.05. The first-order chi connectivity index (χ1) is 7.72. The molecule has 1 aromatic rings. The number of nitrogens with one attached hydrogen (secondary N) is 1. The Labute approximate surface area is 102 Å². The molecule has 16 heavy (non-hydrogen) atoms. The van der Waals surface area contributed by atoms with E-state index in [1.165, 1.54) is 0 Å². The number of rotatable bonds is 6. The van der Waals surface area contributed by atoms with Crippen LogP contribution in [0.15, 0.2) is 12.1 Å². The minimum Gasteiger partial charge on any atom is -0.493 e. The first-order valence-electron chi connectivity index (χ1n) is 5.45. The third-order valence-corrected chi connectivity index (χ3v) is 2.38. The van der Waals surface area contributed by atoms with E-state index in [4.69, 9.17) is 21.1 Å². The maximum atomic E-state index is 6.09. The van der Waals surface area contributed by atoms with Gasteiger partial charge in [0.05, 0.1) is 18.2 Å². The number of benzene rings is 1. The van der Waals surface area contributed by atoms with Gasteiger partial charge in [-0.05, 0) is 27.0 Å². The summed E-state index contributed by atoms with van der Waals surface area (Å²) in [4.78, 5) is 0. The first kappa shape index (κ1) is 13.1. The SMILES string of the molecule is CCOc1cc(CNC)c(OCC)cc1Cl. The molecule has 0 aliphatic carbocycles. The molecule has 0 spiro atoms. The van der Waals surface area contributed by atoms with Gasteiger partial charge in [0.2, 0.25) is 0 Å². The van der Waals surface area contributed by atoms with Gasteiger partial charge in [-0.1, -0.05) is 11.6 Å². The van der Waals surface area contributed by atoms with Gasteiger partial charge in [-0.3, -0.25) is 0 Å². The van der Waals surface area contributed by atoms with Crippen LogP contribution in [-0.4, -0.2) is 20.3 Å². The Hall–Kier alpha value is -0.930. The third kappa shape index (κ3) is 3.29. The molecule has 1 aromatic carbocycles. The van der Waals surface area contributed by atoms with Crippen molar-refractivity contribution >= 4 is 11.6 Å². The van der Waals surface area contributed by atoms with Gasteiger partial charge in [0.1, 0.15) is 11.5 Å². The molecule has 0 aromatic heterocycles. The van der Waals surface area contributed by atoms with Crippen LogP contribution in [0.25, 0.3) is 0 Å². The topological polar surface area (TPSA) is 30.5 Å². The van der Waals surface area contributed by atoms with Crippen molar-refractivity contribution in [2.75, 3.05) is 20.3 Å². The van der Waals surface area contributed by atoms with Crippen molar-refractivity contribution in [2.45, 2.75) is 20.4 Å². The summed E-state index contributed by atoms with van der Waals surface area (Å²) in [6.45, 7) is 5.85. The van der Waals surface area contributed by atoms with E-state index in [1.807, 2.05) is 33.0 Å². The van der Waals surface area contributed by atoms with Gasteiger partial charge in [-0.25, -0.2) is 0 Å². The average molecular weight is 244 g/mol. The summed E-state index contributed by atoms with van der Waals surface area (Å²) in [5.74, 6) is 1.52. The highest BCUT2D eigenvalue weighted by atomic mass is 35.5. The van der Waals surface area contributed by atoms with Gasteiger partial charge in [0.25, 0.3) is 0 Å². The van der Waals surface area contributed by atoms with Crippen molar-refractivity contribution in [3.05, 3.63) is 22.7 Å². The standard InChI is InChI=1S/C12H18ClNO2/c1-4-15-11-7-10(13)12(16-5-2)6-9(11)8-14-3/h6-7,14H,4-5,8H2,1-3H3. The Balaban J connectivity index is 3.03. The molecule has 0 fully saturated rings. The van der Waals surface area contributed by atoms with Crippen LogP contribution in [0.3, 0.4) is 0 Å². The van der Waals surface area contributed by atoms with Crippen molar-refractivity contribution in [1.82, 2.24) is 5.32 Å². The van der Waals surface area contributed by atoms with Crippen molar-refractivity contribution in [3.8, 4) is 11.5 Å². The highest BCUT2D eigenvalue weighted by Gasteiger charge is 2.09. The minimum absolute atomic E-state index is 0.588. The number of hydrogen-bond donors (Lipinski definition) is 1. The Morgan fingerprint density at radius 2 is 1.75 bits per heavy atom. The van der Waals surface area contributed by atoms with Crippen LogP contribution in [0.2, 0.25) is 5.02 Å². The lowest BCUT2D eigenvalue weighted by Crippen LogP contribution is -2.08. The Morgan fingerprint density at radius 1 is 1.12 bits per heavy atom. The fourth-order valence-electron chi connectivity index (χ4n) is 1.46. The molecule has 0 bridgehead atoms.